The summed E-state index contributed by atoms with van der Waals surface area (Å²) in [6.07, 6.45) is 0.710. The Hall–Kier alpha value is -1.46. The van der Waals surface area contributed by atoms with Crippen LogP contribution in [0.25, 0.3) is 0 Å². The molecular weight excluding hydrogens is 479 g/mol. The van der Waals surface area contributed by atoms with Gasteiger partial charge in [-0.3, -0.25) is 4.79 Å². The number of thioether (sulfide) groups is 1. The molecule has 0 aliphatic carbocycles. The fraction of sp³-hybridized carbons (Fsp3) is 0.682. The number of sulfonamides is 1. The van der Waals surface area contributed by atoms with Crippen molar-refractivity contribution in [3.8, 4) is 5.75 Å². The van der Waals surface area contributed by atoms with Crippen LogP contribution in [0.1, 0.15) is 60.3 Å². The van der Waals surface area contributed by atoms with Gasteiger partial charge in [-0.15, -0.1) is 0 Å². The lowest BCUT2D eigenvalue weighted by atomic mass is 10.0. The highest BCUT2D eigenvalue weighted by Gasteiger charge is 2.53. The number of halogens is 3. The van der Waals surface area contributed by atoms with Crippen LogP contribution >= 0.6 is 11.8 Å². The Morgan fingerprint density at radius 2 is 1.58 bits per heavy atom. The fourth-order valence-electron chi connectivity index (χ4n) is 3.73. The van der Waals surface area contributed by atoms with E-state index in [1.807, 2.05) is 0 Å². The van der Waals surface area contributed by atoms with Gasteiger partial charge in [0.05, 0.1) is 0 Å². The third-order valence-electron chi connectivity index (χ3n) is 5.51. The molecule has 1 aliphatic heterocycles. The molecule has 0 amide bonds. The van der Waals surface area contributed by atoms with Crippen molar-refractivity contribution >= 4 is 27.8 Å². The van der Waals surface area contributed by atoms with Gasteiger partial charge in [0.15, 0.2) is 4.75 Å². The summed E-state index contributed by atoms with van der Waals surface area (Å²) in [5.74, 6) is -0.316. The summed E-state index contributed by atoms with van der Waals surface area (Å²) >= 11 is -0.196. The van der Waals surface area contributed by atoms with Gasteiger partial charge in [-0.2, -0.15) is 13.2 Å². The van der Waals surface area contributed by atoms with Crippen LogP contribution in [0.5, 0.6) is 5.75 Å². The van der Waals surface area contributed by atoms with Gasteiger partial charge in [0.1, 0.15) is 17.5 Å². The molecule has 1 heterocycles. The van der Waals surface area contributed by atoms with E-state index in [1.165, 1.54) is 28.6 Å². The lowest BCUT2D eigenvalue weighted by Crippen LogP contribution is -2.56. The number of hydrogen-bond acceptors (Lipinski definition) is 6. The van der Waals surface area contributed by atoms with E-state index in [0.717, 1.165) is 0 Å². The molecule has 0 N–H and O–H groups in total. The lowest BCUT2D eigenvalue weighted by Gasteiger charge is -2.39. The van der Waals surface area contributed by atoms with Crippen molar-refractivity contribution in [2.24, 2.45) is 0 Å². The van der Waals surface area contributed by atoms with Crippen molar-refractivity contribution < 1.29 is 35.9 Å². The second kappa shape index (κ2) is 10.4. The highest BCUT2D eigenvalue weighted by atomic mass is 32.2. The highest BCUT2D eigenvalue weighted by Crippen LogP contribution is 2.38. The summed E-state index contributed by atoms with van der Waals surface area (Å²) in [6, 6.07) is 5.62. The van der Waals surface area contributed by atoms with E-state index in [9.17, 15) is 26.4 Å². The van der Waals surface area contributed by atoms with E-state index >= 15 is 0 Å². The van der Waals surface area contributed by atoms with Crippen LogP contribution in [0.3, 0.4) is 0 Å². The van der Waals surface area contributed by atoms with Crippen molar-refractivity contribution in [2.45, 2.75) is 87.2 Å². The number of esters is 1. The van der Waals surface area contributed by atoms with Crippen molar-refractivity contribution in [1.82, 2.24) is 4.31 Å². The molecule has 1 fully saturated rings. The molecule has 0 aromatic heterocycles. The largest absolute Gasteiger partial charge is 0.490 e. The predicted octanol–water partition coefficient (Wildman–Crippen LogP) is 5.37. The Labute approximate surface area is 198 Å². The standard InChI is InChI=1S/C22H32F3NO5S2/c1-6-21(7-2,19(27)31-20(3,4)5)33(28,29)26-14-12-17(13-15-26)30-16-8-10-18(11-9-16)32-22(23,24)25/h8-11,17H,6-7,12-15H2,1-5H3. The lowest BCUT2D eigenvalue weighted by molar-refractivity contribution is -0.158. The van der Waals surface area contributed by atoms with E-state index in [1.54, 1.807) is 34.6 Å². The third kappa shape index (κ3) is 7.02. The summed E-state index contributed by atoms with van der Waals surface area (Å²) < 4.78 is 75.4. The molecule has 1 saturated heterocycles. The number of ether oxygens (including phenoxy) is 2. The minimum atomic E-state index is -4.35. The number of rotatable bonds is 8. The molecule has 0 unspecified atom stereocenters. The minimum Gasteiger partial charge on any atom is -0.490 e. The second-order valence-corrected chi connectivity index (χ2v) is 12.3. The van der Waals surface area contributed by atoms with Gasteiger partial charge in [-0.05, 0) is 82.5 Å². The third-order valence-corrected chi connectivity index (χ3v) is 9.02. The van der Waals surface area contributed by atoms with Crippen LogP contribution < -0.4 is 4.74 Å². The molecule has 11 heteroatoms. The summed E-state index contributed by atoms with van der Waals surface area (Å²) in [6.45, 7) is 8.79. The Kier molecular flexibility index (Phi) is 8.78. The summed E-state index contributed by atoms with van der Waals surface area (Å²) in [4.78, 5) is 13.0. The Morgan fingerprint density at radius 1 is 1.06 bits per heavy atom. The number of benzene rings is 1. The molecule has 0 bridgehead atoms. The zero-order valence-corrected chi connectivity index (χ0v) is 21.2. The number of hydrogen-bond donors (Lipinski definition) is 0. The van der Waals surface area contributed by atoms with Gasteiger partial charge in [0.2, 0.25) is 10.0 Å². The van der Waals surface area contributed by atoms with Crippen LogP contribution in [0.15, 0.2) is 29.2 Å². The first kappa shape index (κ1) is 27.8. The molecule has 33 heavy (non-hydrogen) atoms. The summed E-state index contributed by atoms with van der Waals surface area (Å²) in [7, 11) is -3.98. The van der Waals surface area contributed by atoms with E-state index in [4.69, 9.17) is 9.47 Å². The molecule has 0 atom stereocenters. The van der Waals surface area contributed by atoms with E-state index in [-0.39, 0.29) is 48.7 Å². The van der Waals surface area contributed by atoms with Crippen molar-refractivity contribution in [3.05, 3.63) is 24.3 Å². The van der Waals surface area contributed by atoms with E-state index in [2.05, 4.69) is 0 Å². The normalized spacial score (nSPS) is 17.1. The molecular formula is C22H32F3NO5S2. The van der Waals surface area contributed by atoms with Gasteiger partial charge in [-0.25, -0.2) is 12.7 Å². The maximum atomic E-state index is 13.5. The predicted molar refractivity (Wildman–Crippen MR) is 122 cm³/mol. The van der Waals surface area contributed by atoms with Gasteiger partial charge in [0.25, 0.3) is 0 Å². The number of alkyl halides is 3. The van der Waals surface area contributed by atoms with Crippen molar-refractivity contribution in [1.29, 1.82) is 0 Å². The summed E-state index contributed by atoms with van der Waals surface area (Å²) in [5, 5.41) is 0. The SMILES string of the molecule is CCC(CC)(C(=O)OC(C)(C)C)S(=O)(=O)N1CCC(Oc2ccc(SC(F)(F)F)cc2)CC1. The number of carbonyl (C=O) groups is 1. The van der Waals surface area contributed by atoms with Crippen LogP contribution in [0.4, 0.5) is 13.2 Å². The first-order valence-corrected chi connectivity index (χ1v) is 13.1. The maximum Gasteiger partial charge on any atom is 0.446 e. The molecule has 1 aliphatic rings. The Balaban J connectivity index is 2.05. The maximum absolute atomic E-state index is 13.5. The molecule has 0 spiro atoms. The molecule has 1 aromatic carbocycles. The molecule has 0 saturated carbocycles. The Morgan fingerprint density at radius 3 is 2.00 bits per heavy atom. The van der Waals surface area contributed by atoms with E-state index in [0.29, 0.717) is 18.6 Å². The molecule has 6 nitrogen and oxygen atoms in total. The number of nitrogens with zero attached hydrogens (tertiary/aromatic N) is 1. The van der Waals surface area contributed by atoms with Gasteiger partial charge >= 0.3 is 11.5 Å². The van der Waals surface area contributed by atoms with E-state index < -0.39 is 31.8 Å². The second-order valence-electron chi connectivity index (χ2n) is 8.94. The first-order chi connectivity index (χ1) is 15.1. The molecule has 1 aromatic rings. The molecule has 2 rings (SSSR count). The number of carbonyl (C=O) groups excluding carboxylic acids is 1. The molecule has 0 radical (unpaired) electrons. The zero-order valence-electron chi connectivity index (χ0n) is 19.6. The fourth-order valence-corrected chi connectivity index (χ4v) is 6.44. The quantitative estimate of drug-likeness (QED) is 0.345. The van der Waals surface area contributed by atoms with Crippen LogP contribution in [0, 0.1) is 0 Å². The van der Waals surface area contributed by atoms with Crippen LogP contribution in [-0.4, -0.2) is 53.7 Å². The topological polar surface area (TPSA) is 72.9 Å². The minimum absolute atomic E-state index is 0.0633. The van der Waals surface area contributed by atoms with Crippen LogP contribution in [0.2, 0.25) is 0 Å². The molecule has 188 valence electrons. The monoisotopic (exact) mass is 511 g/mol. The van der Waals surface area contributed by atoms with Crippen molar-refractivity contribution in [3.63, 3.8) is 0 Å². The van der Waals surface area contributed by atoms with Crippen LogP contribution in [-0.2, 0) is 19.6 Å². The number of piperidine rings is 1. The zero-order chi connectivity index (χ0) is 25.1. The Bertz CT molecular complexity index is 899. The average molecular weight is 512 g/mol. The smallest absolute Gasteiger partial charge is 0.446 e. The van der Waals surface area contributed by atoms with Gasteiger partial charge in [-0.1, -0.05) is 13.8 Å². The first-order valence-electron chi connectivity index (χ1n) is 10.9. The van der Waals surface area contributed by atoms with Gasteiger partial charge in [0, 0.05) is 18.0 Å². The average Bonchev–Trinajstić information content (AvgIpc) is 2.68. The van der Waals surface area contributed by atoms with Crippen molar-refractivity contribution in [2.75, 3.05) is 13.1 Å². The summed E-state index contributed by atoms with van der Waals surface area (Å²) in [5.41, 5.74) is -5.16. The highest BCUT2D eigenvalue weighted by molar-refractivity contribution is 8.00. The van der Waals surface area contributed by atoms with Gasteiger partial charge < -0.3 is 9.47 Å².